The number of imidazole rings is 2. The van der Waals surface area contributed by atoms with Crippen LogP contribution >= 0.6 is 0 Å². The van der Waals surface area contributed by atoms with Gasteiger partial charge in [-0.3, -0.25) is 23.3 Å². The number of fused-ring (bicyclic) bond motifs is 2. The van der Waals surface area contributed by atoms with E-state index in [4.69, 9.17) is 0 Å². The molecule has 0 atom stereocenters. The van der Waals surface area contributed by atoms with Crippen molar-refractivity contribution in [1.29, 1.82) is 0 Å². The Hall–Kier alpha value is -3.89. The van der Waals surface area contributed by atoms with Crippen molar-refractivity contribution in [3.8, 4) is 0 Å². The minimum atomic E-state index is -0.628. The number of amides is 1. The molecule has 150 valence electrons. The molecule has 4 rings (SSSR count). The second-order valence-corrected chi connectivity index (χ2v) is 6.91. The molecule has 3 aromatic heterocycles. The summed E-state index contributed by atoms with van der Waals surface area (Å²) in [5.74, 6) is -0.536. The number of anilines is 1. The lowest BCUT2D eigenvalue weighted by atomic mass is 10.2. The highest BCUT2D eigenvalue weighted by Crippen LogP contribution is 2.17. The molecule has 0 bridgehead atoms. The van der Waals surface area contributed by atoms with Crippen LogP contribution in [0.5, 0.6) is 0 Å². The van der Waals surface area contributed by atoms with Gasteiger partial charge in [-0.25, -0.2) is 19.1 Å². The maximum Gasteiger partial charge on any atom is 0.332 e. The molecule has 0 radical (unpaired) electrons. The number of aromatic nitrogens is 6. The molecular weight excluding hydrogens is 378 g/mol. The van der Waals surface area contributed by atoms with Crippen molar-refractivity contribution in [3.63, 3.8) is 0 Å². The van der Waals surface area contributed by atoms with Crippen LogP contribution in [0.1, 0.15) is 0 Å². The Bertz CT molecular complexity index is 1480. The average Bonchev–Trinajstić information content (AvgIpc) is 3.18. The van der Waals surface area contributed by atoms with Gasteiger partial charge in [0, 0.05) is 33.9 Å². The summed E-state index contributed by atoms with van der Waals surface area (Å²) in [4.78, 5) is 53.8. The number of nitrogens with one attached hydrogen (secondary N) is 1. The molecule has 0 fully saturated rings. The second-order valence-electron chi connectivity index (χ2n) is 6.91. The lowest BCUT2D eigenvalue weighted by molar-refractivity contribution is -0.116. The lowest BCUT2D eigenvalue weighted by Crippen LogP contribution is -2.42. The highest BCUT2D eigenvalue weighted by atomic mass is 16.2. The van der Waals surface area contributed by atoms with E-state index in [2.05, 4.69) is 10.3 Å². The number of carbonyl (C=O) groups excluding carboxylic acids is 1. The third kappa shape index (κ3) is 2.70. The molecule has 11 heteroatoms. The van der Waals surface area contributed by atoms with E-state index < -0.39 is 23.7 Å². The molecule has 0 saturated carbocycles. The van der Waals surface area contributed by atoms with Crippen LogP contribution in [0, 0.1) is 0 Å². The number of aryl methyl sites for hydroxylation is 4. The number of rotatable bonds is 3. The summed E-state index contributed by atoms with van der Waals surface area (Å²) >= 11 is 0. The van der Waals surface area contributed by atoms with Crippen molar-refractivity contribution in [2.75, 3.05) is 5.32 Å². The zero-order valence-corrected chi connectivity index (χ0v) is 16.3. The molecule has 0 aliphatic carbocycles. The van der Waals surface area contributed by atoms with E-state index in [1.54, 1.807) is 39.3 Å². The lowest BCUT2D eigenvalue weighted by Gasteiger charge is -2.10. The van der Waals surface area contributed by atoms with Crippen LogP contribution in [0.25, 0.3) is 22.2 Å². The van der Waals surface area contributed by atoms with Crippen LogP contribution in [-0.2, 0) is 39.5 Å². The predicted octanol–water partition coefficient (Wildman–Crippen LogP) is -0.737. The summed E-state index contributed by atoms with van der Waals surface area (Å²) in [5.41, 5.74) is 0.937. The second kappa shape index (κ2) is 6.33. The Morgan fingerprint density at radius 1 is 0.966 bits per heavy atom. The Morgan fingerprint density at radius 3 is 2.38 bits per heavy atom. The molecule has 1 aromatic carbocycles. The number of hydrogen-bond acceptors (Lipinski definition) is 5. The maximum atomic E-state index is 12.7. The van der Waals surface area contributed by atoms with Gasteiger partial charge in [0.1, 0.15) is 6.54 Å². The van der Waals surface area contributed by atoms with E-state index in [1.165, 1.54) is 31.6 Å². The zero-order chi connectivity index (χ0) is 21.0. The Labute approximate surface area is 163 Å². The summed E-state index contributed by atoms with van der Waals surface area (Å²) in [6.07, 6.45) is 1.44. The standard InChI is InChI=1S/C18H19N7O4/c1-21-9-19-15-14(21)16(27)25(18(29)24(15)4)8-13(26)20-10-5-6-11-12(7-10)23(3)17(28)22(11)2/h5-7,9H,8H2,1-4H3,(H,20,26). The zero-order valence-electron chi connectivity index (χ0n) is 16.3. The van der Waals surface area contributed by atoms with Crippen LogP contribution in [0.4, 0.5) is 5.69 Å². The van der Waals surface area contributed by atoms with Gasteiger partial charge in [0.05, 0.1) is 17.4 Å². The average molecular weight is 397 g/mol. The van der Waals surface area contributed by atoms with Gasteiger partial charge in [-0.05, 0) is 18.2 Å². The van der Waals surface area contributed by atoms with Gasteiger partial charge in [0.15, 0.2) is 11.2 Å². The fourth-order valence-electron chi connectivity index (χ4n) is 3.46. The van der Waals surface area contributed by atoms with Gasteiger partial charge < -0.3 is 9.88 Å². The largest absolute Gasteiger partial charge is 0.332 e. The first kappa shape index (κ1) is 18.5. The molecule has 0 aliphatic heterocycles. The van der Waals surface area contributed by atoms with Gasteiger partial charge in [-0.15, -0.1) is 0 Å². The number of nitrogens with zero attached hydrogens (tertiary/aromatic N) is 6. The third-order valence-electron chi connectivity index (χ3n) is 5.06. The molecule has 0 spiro atoms. The highest BCUT2D eigenvalue weighted by molar-refractivity contribution is 5.93. The molecule has 11 nitrogen and oxygen atoms in total. The molecule has 29 heavy (non-hydrogen) atoms. The van der Waals surface area contributed by atoms with Crippen LogP contribution in [0.3, 0.4) is 0 Å². The summed E-state index contributed by atoms with van der Waals surface area (Å²) in [5, 5.41) is 2.68. The minimum absolute atomic E-state index is 0.178. The first-order valence-electron chi connectivity index (χ1n) is 8.77. The number of hydrogen-bond donors (Lipinski definition) is 1. The van der Waals surface area contributed by atoms with Crippen molar-refractivity contribution in [2.24, 2.45) is 28.2 Å². The summed E-state index contributed by atoms with van der Waals surface area (Å²) in [6, 6.07) is 5.05. The Balaban J connectivity index is 1.69. The number of benzene rings is 1. The number of carbonyl (C=O) groups is 1. The SMILES string of the molecule is Cn1cnc2c1c(=O)n(CC(=O)Nc1ccc3c(c1)n(C)c(=O)n3C)c(=O)n2C. The van der Waals surface area contributed by atoms with Crippen LogP contribution < -0.4 is 22.3 Å². The van der Waals surface area contributed by atoms with E-state index in [0.717, 1.165) is 10.1 Å². The van der Waals surface area contributed by atoms with Gasteiger partial charge >= 0.3 is 11.4 Å². The van der Waals surface area contributed by atoms with E-state index in [0.29, 0.717) is 11.2 Å². The normalized spacial score (nSPS) is 11.4. The smallest absolute Gasteiger partial charge is 0.328 e. The van der Waals surface area contributed by atoms with Crippen LogP contribution in [0.2, 0.25) is 0 Å². The fourth-order valence-corrected chi connectivity index (χ4v) is 3.46. The quantitative estimate of drug-likeness (QED) is 0.489. The van der Waals surface area contributed by atoms with Gasteiger partial charge in [-0.2, -0.15) is 0 Å². The topological polar surface area (TPSA) is 118 Å². The molecule has 0 unspecified atom stereocenters. The van der Waals surface area contributed by atoms with E-state index in [9.17, 15) is 19.2 Å². The predicted molar refractivity (Wildman–Crippen MR) is 107 cm³/mol. The monoisotopic (exact) mass is 397 g/mol. The van der Waals surface area contributed by atoms with Crippen molar-refractivity contribution in [3.05, 3.63) is 55.8 Å². The van der Waals surface area contributed by atoms with Crippen molar-refractivity contribution in [2.45, 2.75) is 6.54 Å². The maximum absolute atomic E-state index is 12.7. The molecule has 1 amide bonds. The molecular formula is C18H19N7O4. The first-order valence-corrected chi connectivity index (χ1v) is 8.77. The van der Waals surface area contributed by atoms with E-state index in [1.807, 2.05) is 0 Å². The Morgan fingerprint density at radius 2 is 1.66 bits per heavy atom. The van der Waals surface area contributed by atoms with E-state index >= 15 is 0 Å². The van der Waals surface area contributed by atoms with Crippen LogP contribution in [0.15, 0.2) is 38.9 Å². The summed E-state index contributed by atoms with van der Waals surface area (Å²) in [7, 11) is 6.45. The molecule has 3 heterocycles. The molecule has 1 N–H and O–H groups in total. The van der Waals surface area contributed by atoms with Gasteiger partial charge in [0.2, 0.25) is 5.91 Å². The van der Waals surface area contributed by atoms with Crippen molar-refractivity contribution >= 4 is 33.8 Å². The molecule has 0 aliphatic rings. The van der Waals surface area contributed by atoms with Crippen molar-refractivity contribution < 1.29 is 4.79 Å². The van der Waals surface area contributed by atoms with Gasteiger partial charge in [0.25, 0.3) is 5.56 Å². The van der Waals surface area contributed by atoms with Crippen LogP contribution in [-0.4, -0.2) is 33.7 Å². The molecule has 4 aromatic rings. The Kier molecular flexibility index (Phi) is 4.03. The van der Waals surface area contributed by atoms with Crippen molar-refractivity contribution in [1.82, 2.24) is 27.8 Å². The summed E-state index contributed by atoms with van der Waals surface area (Å²) in [6.45, 7) is -0.446. The first-order chi connectivity index (χ1) is 13.7. The fraction of sp³-hybridized carbons (Fsp3) is 0.278. The highest BCUT2D eigenvalue weighted by Gasteiger charge is 2.17. The molecule has 0 saturated heterocycles. The minimum Gasteiger partial charge on any atom is -0.328 e. The summed E-state index contributed by atoms with van der Waals surface area (Å²) < 4.78 is 6.59. The van der Waals surface area contributed by atoms with Gasteiger partial charge in [-0.1, -0.05) is 0 Å². The van der Waals surface area contributed by atoms with E-state index in [-0.39, 0.29) is 16.9 Å². The third-order valence-corrected chi connectivity index (χ3v) is 5.06.